The molecule has 6 heteroatoms. The molecule has 26 heavy (non-hydrogen) atoms. The predicted molar refractivity (Wildman–Crippen MR) is 99.8 cm³/mol. The lowest BCUT2D eigenvalue weighted by Gasteiger charge is -2.01. The summed E-state index contributed by atoms with van der Waals surface area (Å²) < 4.78 is 3.85. The fourth-order valence-electron chi connectivity index (χ4n) is 3.22. The summed E-state index contributed by atoms with van der Waals surface area (Å²) in [5.41, 5.74) is 4.88. The van der Waals surface area contributed by atoms with E-state index < -0.39 is 0 Å². The fraction of sp³-hybridized carbons (Fsp3) is 0.100. The topological polar surface area (TPSA) is 60.9 Å². The lowest BCUT2D eigenvalue weighted by atomic mass is 10.1. The molecule has 0 aliphatic rings. The Labute approximate surface area is 149 Å². The highest BCUT2D eigenvalue weighted by Crippen LogP contribution is 2.25. The van der Waals surface area contributed by atoms with E-state index in [-0.39, 0.29) is 0 Å². The summed E-state index contributed by atoms with van der Waals surface area (Å²) in [5.74, 6) is 0. The van der Waals surface area contributed by atoms with Crippen LogP contribution in [0.4, 0.5) is 0 Å². The first kappa shape index (κ1) is 14.8. The van der Waals surface area contributed by atoms with Gasteiger partial charge in [-0.2, -0.15) is 0 Å². The smallest absolute Gasteiger partial charge is 0.137 e. The Hall–Kier alpha value is -3.54. The lowest BCUT2D eigenvalue weighted by molar-refractivity contribution is 0.641. The van der Waals surface area contributed by atoms with Gasteiger partial charge in [-0.1, -0.05) is 35.5 Å². The van der Waals surface area contributed by atoms with Gasteiger partial charge in [-0.05, 0) is 23.9 Å². The molecule has 0 bridgehead atoms. The van der Waals surface area contributed by atoms with E-state index >= 15 is 0 Å². The Morgan fingerprint density at radius 2 is 1.88 bits per heavy atom. The molecule has 0 spiro atoms. The number of nitrogens with zero attached hydrogens (tertiary/aromatic N) is 6. The van der Waals surface area contributed by atoms with Crippen molar-refractivity contribution in [1.82, 2.24) is 29.4 Å². The van der Waals surface area contributed by atoms with E-state index in [0.717, 1.165) is 33.4 Å². The van der Waals surface area contributed by atoms with Crippen LogP contribution in [0.15, 0.2) is 67.4 Å². The van der Waals surface area contributed by atoms with Crippen LogP contribution in [0.2, 0.25) is 0 Å². The molecule has 0 aliphatic heterocycles. The van der Waals surface area contributed by atoms with Crippen LogP contribution in [0, 0.1) is 6.92 Å². The minimum absolute atomic E-state index is 0.575. The number of aromatic nitrogens is 6. The van der Waals surface area contributed by atoms with Crippen LogP contribution < -0.4 is 0 Å². The van der Waals surface area contributed by atoms with Gasteiger partial charge in [0.1, 0.15) is 11.3 Å². The molecule has 1 aromatic carbocycles. The van der Waals surface area contributed by atoms with Gasteiger partial charge in [-0.3, -0.25) is 4.98 Å². The van der Waals surface area contributed by atoms with Crippen molar-refractivity contribution in [3.05, 3.63) is 78.6 Å². The number of aryl methyl sites for hydroxylation is 1. The number of pyridine rings is 2. The van der Waals surface area contributed by atoms with Gasteiger partial charge in [-0.15, -0.1) is 5.10 Å². The molecule has 0 atom stereocenters. The Balaban J connectivity index is 1.49. The molecule has 0 radical (unpaired) electrons. The Morgan fingerprint density at radius 3 is 2.85 bits per heavy atom. The van der Waals surface area contributed by atoms with Crippen LogP contribution in [-0.4, -0.2) is 29.4 Å². The van der Waals surface area contributed by atoms with E-state index in [1.54, 1.807) is 0 Å². The van der Waals surface area contributed by atoms with Gasteiger partial charge >= 0.3 is 0 Å². The van der Waals surface area contributed by atoms with Gasteiger partial charge in [0, 0.05) is 35.7 Å². The molecule has 126 valence electrons. The van der Waals surface area contributed by atoms with Gasteiger partial charge in [0.25, 0.3) is 0 Å². The summed E-state index contributed by atoms with van der Waals surface area (Å²) in [6.45, 7) is 2.65. The van der Waals surface area contributed by atoms with Crippen LogP contribution >= 0.6 is 0 Å². The molecule has 4 aromatic heterocycles. The standard InChI is InChI=1S/C20H16N6/c1-14-6-7-20-22-16(11-25(20)10-14)12-26-13-19(23-24-26)18-9-21-8-15-4-2-3-5-17(15)18/h2-11,13H,12H2,1H3. The number of rotatable bonds is 3. The van der Waals surface area contributed by atoms with Crippen molar-refractivity contribution in [1.29, 1.82) is 0 Å². The Morgan fingerprint density at radius 1 is 0.962 bits per heavy atom. The molecule has 0 aliphatic carbocycles. The monoisotopic (exact) mass is 340 g/mol. The van der Waals surface area contributed by atoms with Gasteiger partial charge < -0.3 is 4.40 Å². The number of hydrogen-bond donors (Lipinski definition) is 0. The van der Waals surface area contributed by atoms with Gasteiger partial charge in [0.05, 0.1) is 18.4 Å². The second-order valence-corrected chi connectivity index (χ2v) is 6.41. The zero-order valence-corrected chi connectivity index (χ0v) is 14.2. The summed E-state index contributed by atoms with van der Waals surface area (Å²) in [4.78, 5) is 8.97. The molecule has 0 unspecified atom stereocenters. The van der Waals surface area contributed by atoms with Gasteiger partial charge in [0.15, 0.2) is 0 Å². The number of hydrogen-bond acceptors (Lipinski definition) is 4. The average molecular weight is 340 g/mol. The number of fused-ring (bicyclic) bond motifs is 2. The molecule has 5 rings (SSSR count). The molecule has 4 heterocycles. The number of imidazole rings is 1. The Kier molecular flexibility index (Phi) is 3.28. The van der Waals surface area contributed by atoms with Crippen LogP contribution in [0.3, 0.4) is 0 Å². The van der Waals surface area contributed by atoms with E-state index in [4.69, 9.17) is 0 Å². The minimum atomic E-state index is 0.575. The average Bonchev–Trinajstić information content (AvgIpc) is 3.27. The van der Waals surface area contributed by atoms with Crippen molar-refractivity contribution in [2.45, 2.75) is 13.5 Å². The van der Waals surface area contributed by atoms with Crippen LogP contribution in [0.25, 0.3) is 27.7 Å². The van der Waals surface area contributed by atoms with Crippen LogP contribution in [0.5, 0.6) is 0 Å². The van der Waals surface area contributed by atoms with Crippen molar-refractivity contribution in [2.24, 2.45) is 0 Å². The first-order valence-corrected chi connectivity index (χ1v) is 8.44. The summed E-state index contributed by atoms with van der Waals surface area (Å²) >= 11 is 0. The van der Waals surface area contributed by atoms with Crippen LogP contribution in [0.1, 0.15) is 11.3 Å². The van der Waals surface area contributed by atoms with E-state index in [2.05, 4.69) is 51.6 Å². The second-order valence-electron chi connectivity index (χ2n) is 6.41. The molecule has 5 aromatic rings. The van der Waals surface area contributed by atoms with Crippen molar-refractivity contribution >= 4 is 16.4 Å². The maximum absolute atomic E-state index is 4.64. The maximum Gasteiger partial charge on any atom is 0.137 e. The van der Waals surface area contributed by atoms with Crippen molar-refractivity contribution < 1.29 is 0 Å². The predicted octanol–water partition coefficient (Wildman–Crippen LogP) is 3.50. The molecule has 0 amide bonds. The third-order valence-electron chi connectivity index (χ3n) is 4.46. The van der Waals surface area contributed by atoms with Gasteiger partial charge in [-0.25, -0.2) is 9.67 Å². The maximum atomic E-state index is 4.64. The fourth-order valence-corrected chi connectivity index (χ4v) is 3.22. The molecular weight excluding hydrogens is 324 g/mol. The minimum Gasteiger partial charge on any atom is -0.306 e. The summed E-state index contributed by atoms with van der Waals surface area (Å²) in [6.07, 6.45) is 9.74. The van der Waals surface area contributed by atoms with E-state index in [0.29, 0.717) is 6.54 Å². The highest BCUT2D eigenvalue weighted by atomic mass is 15.4. The zero-order valence-electron chi connectivity index (χ0n) is 14.2. The summed E-state index contributed by atoms with van der Waals surface area (Å²) in [7, 11) is 0. The van der Waals surface area contributed by atoms with Crippen LogP contribution in [-0.2, 0) is 6.54 Å². The SMILES string of the molecule is Cc1ccc2nc(Cn3cc(-c4cncc5ccccc45)nn3)cn2c1. The normalized spacial score (nSPS) is 11.4. The first-order chi connectivity index (χ1) is 12.8. The zero-order chi connectivity index (χ0) is 17.5. The number of benzene rings is 1. The van der Waals surface area contributed by atoms with E-state index in [1.165, 1.54) is 5.56 Å². The molecule has 0 saturated carbocycles. The van der Waals surface area contributed by atoms with Crippen molar-refractivity contribution in [3.8, 4) is 11.3 Å². The highest BCUT2D eigenvalue weighted by Gasteiger charge is 2.10. The summed E-state index contributed by atoms with van der Waals surface area (Å²) in [6, 6.07) is 12.2. The highest BCUT2D eigenvalue weighted by molar-refractivity contribution is 5.94. The van der Waals surface area contributed by atoms with Gasteiger partial charge in [0.2, 0.25) is 0 Å². The quantitative estimate of drug-likeness (QED) is 0.504. The van der Waals surface area contributed by atoms with E-state index in [1.807, 2.05) is 52.1 Å². The van der Waals surface area contributed by atoms with Crippen molar-refractivity contribution in [2.75, 3.05) is 0 Å². The molecule has 0 saturated heterocycles. The second kappa shape index (κ2) is 5.77. The molecule has 0 fully saturated rings. The summed E-state index contributed by atoms with van der Waals surface area (Å²) in [5, 5.41) is 10.8. The molecule has 6 nitrogen and oxygen atoms in total. The first-order valence-electron chi connectivity index (χ1n) is 8.44. The Bertz CT molecular complexity index is 1230. The largest absolute Gasteiger partial charge is 0.306 e. The third kappa shape index (κ3) is 2.52. The van der Waals surface area contributed by atoms with Crippen molar-refractivity contribution in [3.63, 3.8) is 0 Å². The lowest BCUT2D eigenvalue weighted by Crippen LogP contribution is -2.00. The molecular formula is C20H16N6. The molecule has 0 N–H and O–H groups in total. The third-order valence-corrected chi connectivity index (χ3v) is 4.46. The van der Waals surface area contributed by atoms with E-state index in [9.17, 15) is 0 Å².